The highest BCUT2D eigenvalue weighted by molar-refractivity contribution is 9.09. The van der Waals surface area contributed by atoms with Crippen molar-refractivity contribution < 1.29 is 24.0 Å². The summed E-state index contributed by atoms with van der Waals surface area (Å²) in [6.45, 7) is 1.28. The summed E-state index contributed by atoms with van der Waals surface area (Å²) in [5, 5.41) is 20.5. The van der Waals surface area contributed by atoms with Crippen LogP contribution in [0.1, 0.15) is 25.7 Å². The van der Waals surface area contributed by atoms with E-state index in [-0.39, 0.29) is 30.8 Å². The van der Waals surface area contributed by atoms with Crippen LogP contribution < -0.4 is 4.90 Å². The van der Waals surface area contributed by atoms with E-state index in [0.29, 0.717) is 50.1 Å². The number of anilines is 1. The molecule has 194 valence electrons. The maximum absolute atomic E-state index is 11.8. The number of benzene rings is 2. The Labute approximate surface area is 226 Å². The van der Waals surface area contributed by atoms with Gasteiger partial charge in [-0.15, -0.1) is 0 Å². The Hall–Kier alpha value is -2.86. The molecule has 12 heteroatoms. The van der Waals surface area contributed by atoms with Crippen LogP contribution in [0.25, 0.3) is 0 Å². The van der Waals surface area contributed by atoms with Crippen molar-refractivity contribution in [2.24, 2.45) is 10.2 Å². The molecule has 0 aliphatic rings. The zero-order valence-electron chi connectivity index (χ0n) is 19.7. The highest BCUT2D eigenvalue weighted by atomic mass is 79.9. The predicted molar refractivity (Wildman–Crippen MR) is 144 cm³/mol. The molecule has 0 aliphatic heterocycles. The molecule has 10 nitrogen and oxygen atoms in total. The molecular formula is C24H28Br2N4O6. The topological polar surface area (TPSA) is 124 Å². The number of nitro benzene ring substituents is 1. The van der Waals surface area contributed by atoms with Gasteiger partial charge in [0.2, 0.25) is 0 Å². The minimum absolute atomic E-state index is 0.0130. The van der Waals surface area contributed by atoms with Crippen molar-refractivity contribution in [3.63, 3.8) is 0 Å². The van der Waals surface area contributed by atoms with Crippen LogP contribution in [0.5, 0.6) is 0 Å². The van der Waals surface area contributed by atoms with Gasteiger partial charge in [0.05, 0.1) is 29.4 Å². The Morgan fingerprint density at radius 1 is 0.806 bits per heavy atom. The van der Waals surface area contributed by atoms with E-state index in [1.54, 1.807) is 12.1 Å². The maximum atomic E-state index is 11.8. The first-order valence-electron chi connectivity index (χ1n) is 11.4. The number of carbonyl (C=O) groups excluding carboxylic acids is 2. The van der Waals surface area contributed by atoms with Crippen LogP contribution in [0, 0.1) is 10.1 Å². The van der Waals surface area contributed by atoms with Crippen molar-refractivity contribution in [2.45, 2.75) is 25.7 Å². The third-order valence-electron chi connectivity index (χ3n) is 4.83. The summed E-state index contributed by atoms with van der Waals surface area (Å²) in [4.78, 5) is 35.9. The van der Waals surface area contributed by atoms with Gasteiger partial charge in [-0.3, -0.25) is 19.7 Å². The van der Waals surface area contributed by atoms with Gasteiger partial charge in [0.15, 0.2) is 0 Å². The van der Waals surface area contributed by atoms with Crippen molar-refractivity contribution in [1.82, 2.24) is 0 Å². The molecule has 0 N–H and O–H groups in total. The number of hydrogen-bond donors (Lipinski definition) is 0. The fraction of sp³-hybridized carbons (Fsp3) is 0.417. The van der Waals surface area contributed by atoms with E-state index in [1.165, 1.54) is 24.3 Å². The smallest absolute Gasteiger partial charge is 0.305 e. The zero-order valence-corrected chi connectivity index (χ0v) is 22.9. The summed E-state index contributed by atoms with van der Waals surface area (Å²) in [7, 11) is 0. The van der Waals surface area contributed by atoms with E-state index < -0.39 is 4.92 Å². The number of hydrogen-bond acceptors (Lipinski definition) is 9. The molecule has 0 aliphatic carbocycles. The molecule has 0 heterocycles. The molecule has 36 heavy (non-hydrogen) atoms. The highest BCUT2D eigenvalue weighted by Gasteiger charge is 2.11. The quantitative estimate of drug-likeness (QED) is 0.0708. The summed E-state index contributed by atoms with van der Waals surface area (Å²) in [6.07, 6.45) is 2.13. The third-order valence-corrected chi connectivity index (χ3v) is 5.96. The Morgan fingerprint density at radius 2 is 1.25 bits per heavy atom. The molecule has 0 aromatic heterocycles. The van der Waals surface area contributed by atoms with Crippen molar-refractivity contribution in [2.75, 3.05) is 41.9 Å². The van der Waals surface area contributed by atoms with Crippen LogP contribution in [0.4, 0.5) is 22.7 Å². The second kappa shape index (κ2) is 16.7. The summed E-state index contributed by atoms with van der Waals surface area (Å²) in [5.41, 5.74) is 1.92. The summed E-state index contributed by atoms with van der Waals surface area (Å²) in [5.74, 6) is -0.504. The molecule has 0 bridgehead atoms. The predicted octanol–water partition coefficient (Wildman–Crippen LogP) is 6.25. The van der Waals surface area contributed by atoms with Crippen molar-refractivity contribution in [1.29, 1.82) is 0 Å². The van der Waals surface area contributed by atoms with E-state index >= 15 is 0 Å². The Balaban J connectivity index is 1.99. The van der Waals surface area contributed by atoms with E-state index in [9.17, 15) is 19.7 Å². The molecule has 2 aromatic rings. The SMILES string of the molecule is O=C(CCCBr)OCCN(CCOC(=O)CCCBr)c1ccc(N=Nc2ccc([N+](=O)[O-])cc2)cc1. The lowest BCUT2D eigenvalue weighted by Crippen LogP contribution is -2.32. The Morgan fingerprint density at radius 3 is 1.67 bits per heavy atom. The maximum Gasteiger partial charge on any atom is 0.305 e. The molecule has 2 aromatic carbocycles. The molecule has 0 saturated carbocycles. The zero-order chi connectivity index (χ0) is 26.2. The Bertz CT molecular complexity index is 977. The molecule has 2 rings (SSSR count). The van der Waals surface area contributed by atoms with E-state index in [4.69, 9.17) is 9.47 Å². The van der Waals surface area contributed by atoms with Crippen LogP contribution in [0.2, 0.25) is 0 Å². The fourth-order valence-corrected chi connectivity index (χ4v) is 3.52. The summed E-state index contributed by atoms with van der Waals surface area (Å²) >= 11 is 6.59. The molecule has 0 unspecified atom stereocenters. The van der Waals surface area contributed by atoms with Gasteiger partial charge in [-0.2, -0.15) is 10.2 Å². The average molecular weight is 628 g/mol. The minimum Gasteiger partial charge on any atom is -0.464 e. The van der Waals surface area contributed by atoms with Gasteiger partial charge in [-0.05, 0) is 49.2 Å². The molecule has 0 spiro atoms. The van der Waals surface area contributed by atoms with Crippen molar-refractivity contribution in [3.8, 4) is 0 Å². The second-order valence-electron chi connectivity index (χ2n) is 7.50. The van der Waals surface area contributed by atoms with E-state index in [2.05, 4.69) is 42.1 Å². The lowest BCUT2D eigenvalue weighted by Gasteiger charge is -2.24. The average Bonchev–Trinajstić information content (AvgIpc) is 2.89. The number of halogens is 2. The number of ether oxygens (including phenoxy) is 2. The lowest BCUT2D eigenvalue weighted by molar-refractivity contribution is -0.384. The number of azo groups is 1. The monoisotopic (exact) mass is 626 g/mol. The van der Waals surface area contributed by atoms with Crippen LogP contribution in [0.15, 0.2) is 58.8 Å². The number of non-ortho nitro benzene ring substituents is 1. The lowest BCUT2D eigenvalue weighted by atomic mass is 10.2. The van der Waals surface area contributed by atoms with Crippen LogP contribution in [-0.4, -0.2) is 53.8 Å². The first-order chi connectivity index (χ1) is 17.4. The minimum atomic E-state index is -0.472. The largest absolute Gasteiger partial charge is 0.464 e. The second-order valence-corrected chi connectivity index (χ2v) is 9.09. The van der Waals surface area contributed by atoms with Gasteiger partial charge in [0.25, 0.3) is 5.69 Å². The molecule has 0 atom stereocenters. The van der Waals surface area contributed by atoms with Crippen molar-refractivity contribution in [3.05, 3.63) is 58.6 Å². The van der Waals surface area contributed by atoms with Crippen LogP contribution in [-0.2, 0) is 19.1 Å². The van der Waals surface area contributed by atoms with E-state index in [1.807, 2.05) is 17.0 Å². The highest BCUT2D eigenvalue weighted by Crippen LogP contribution is 2.23. The number of nitro groups is 1. The number of alkyl halides is 2. The summed E-state index contributed by atoms with van der Waals surface area (Å²) < 4.78 is 10.6. The molecular weight excluding hydrogens is 600 g/mol. The normalized spacial score (nSPS) is 10.8. The third kappa shape index (κ3) is 11.3. The van der Waals surface area contributed by atoms with Crippen LogP contribution >= 0.6 is 31.9 Å². The van der Waals surface area contributed by atoms with Gasteiger partial charge in [-0.1, -0.05) is 31.9 Å². The molecule has 0 radical (unpaired) electrons. The Kier molecular flexibility index (Phi) is 13.7. The van der Waals surface area contributed by atoms with Crippen LogP contribution in [0.3, 0.4) is 0 Å². The number of carbonyl (C=O) groups is 2. The number of rotatable bonds is 16. The summed E-state index contributed by atoms with van der Waals surface area (Å²) in [6, 6.07) is 13.0. The number of esters is 2. The van der Waals surface area contributed by atoms with Gasteiger partial charge < -0.3 is 14.4 Å². The van der Waals surface area contributed by atoms with Gasteiger partial charge >= 0.3 is 11.9 Å². The fourth-order valence-electron chi connectivity index (χ4n) is 2.96. The first-order valence-corrected chi connectivity index (χ1v) is 13.6. The van der Waals surface area contributed by atoms with Gasteiger partial charge in [0, 0.05) is 41.3 Å². The molecule has 0 fully saturated rings. The standard InChI is InChI=1S/C24H28Br2N4O6/c25-13-1-3-23(31)35-17-15-29(16-18-36-24(32)4-2-14-26)21-9-5-19(6-10-21)27-28-20-7-11-22(12-8-20)30(33)34/h5-12H,1-4,13-18H2. The van der Waals surface area contributed by atoms with Gasteiger partial charge in [-0.25, -0.2) is 0 Å². The number of nitrogens with zero attached hydrogens (tertiary/aromatic N) is 4. The van der Waals surface area contributed by atoms with E-state index in [0.717, 1.165) is 16.3 Å². The molecule has 0 amide bonds. The van der Waals surface area contributed by atoms with Crippen molar-refractivity contribution >= 4 is 66.5 Å². The molecule has 0 saturated heterocycles. The first kappa shape index (κ1) is 29.4. The van der Waals surface area contributed by atoms with Gasteiger partial charge in [0.1, 0.15) is 13.2 Å².